The summed E-state index contributed by atoms with van der Waals surface area (Å²) in [5, 5.41) is 17.7. The van der Waals surface area contributed by atoms with E-state index in [1.165, 1.54) is 6.92 Å². The highest BCUT2D eigenvalue weighted by Gasteiger charge is 2.12. The van der Waals surface area contributed by atoms with Gasteiger partial charge in [-0.15, -0.1) is 10.2 Å². The summed E-state index contributed by atoms with van der Waals surface area (Å²) in [6.45, 7) is 1.51. The molecule has 0 radical (unpaired) electrons. The van der Waals surface area contributed by atoms with Gasteiger partial charge in [-0.2, -0.15) is 0 Å². The Bertz CT molecular complexity index is 512. The first-order chi connectivity index (χ1) is 8.16. The molecule has 0 aliphatic carbocycles. The van der Waals surface area contributed by atoms with E-state index in [2.05, 4.69) is 10.2 Å². The fraction of sp³-hybridized carbons (Fsp3) is 0.182. The predicted octanol–water partition coefficient (Wildman–Crippen LogP) is 0.967. The number of nitrogens with zero attached hydrogens (tertiary/aromatic N) is 2. The molecule has 0 aliphatic heterocycles. The SMILES string of the molecule is C[C@H](Sc1nnc(-c2ccccc2)o1)C(=O)[O-]. The van der Waals surface area contributed by atoms with Gasteiger partial charge in [-0.25, -0.2) is 0 Å². The third kappa shape index (κ3) is 2.85. The number of carbonyl (C=O) groups is 1. The number of thioether (sulfide) groups is 1. The molecule has 0 aliphatic rings. The molecule has 0 N–H and O–H groups in total. The van der Waals surface area contributed by atoms with Gasteiger partial charge in [0.25, 0.3) is 5.22 Å². The molecule has 0 bridgehead atoms. The Labute approximate surface area is 102 Å². The maximum atomic E-state index is 10.6. The second-order valence-corrected chi connectivity index (χ2v) is 4.61. The van der Waals surface area contributed by atoms with E-state index in [1.807, 2.05) is 30.3 Å². The van der Waals surface area contributed by atoms with E-state index in [9.17, 15) is 9.90 Å². The molecule has 2 aromatic rings. The summed E-state index contributed by atoms with van der Waals surface area (Å²) in [6.07, 6.45) is 0. The van der Waals surface area contributed by atoms with E-state index >= 15 is 0 Å². The zero-order chi connectivity index (χ0) is 12.3. The molecule has 1 heterocycles. The molecule has 0 saturated heterocycles. The zero-order valence-corrected chi connectivity index (χ0v) is 9.81. The first kappa shape index (κ1) is 11.7. The fourth-order valence-corrected chi connectivity index (χ4v) is 1.77. The van der Waals surface area contributed by atoms with Crippen LogP contribution in [0.25, 0.3) is 11.5 Å². The third-order valence-electron chi connectivity index (χ3n) is 2.04. The van der Waals surface area contributed by atoms with E-state index in [1.54, 1.807) is 0 Å². The highest BCUT2D eigenvalue weighted by atomic mass is 32.2. The summed E-state index contributed by atoms with van der Waals surface area (Å²) in [5.41, 5.74) is 0.799. The minimum absolute atomic E-state index is 0.223. The van der Waals surface area contributed by atoms with Gasteiger partial charge in [0.1, 0.15) is 0 Å². The minimum Gasteiger partial charge on any atom is -0.549 e. The van der Waals surface area contributed by atoms with E-state index in [0.29, 0.717) is 5.89 Å². The molecule has 0 saturated carbocycles. The second kappa shape index (κ2) is 5.01. The van der Waals surface area contributed by atoms with Crippen LogP contribution >= 0.6 is 11.8 Å². The summed E-state index contributed by atoms with van der Waals surface area (Å²) in [7, 11) is 0. The van der Waals surface area contributed by atoms with Crippen LogP contribution in [0.15, 0.2) is 40.0 Å². The van der Waals surface area contributed by atoms with Crippen molar-refractivity contribution in [1.82, 2.24) is 10.2 Å². The van der Waals surface area contributed by atoms with Gasteiger partial charge in [0.15, 0.2) is 0 Å². The lowest BCUT2D eigenvalue weighted by Gasteiger charge is -2.07. The van der Waals surface area contributed by atoms with Gasteiger partial charge in [0, 0.05) is 5.56 Å². The van der Waals surface area contributed by atoms with Crippen molar-refractivity contribution in [2.75, 3.05) is 0 Å². The topological polar surface area (TPSA) is 79.0 Å². The van der Waals surface area contributed by atoms with Crippen molar-refractivity contribution in [2.24, 2.45) is 0 Å². The Hall–Kier alpha value is -1.82. The molecule has 1 aromatic carbocycles. The molecule has 1 atom stereocenters. The Morgan fingerprint density at radius 3 is 2.71 bits per heavy atom. The lowest BCUT2D eigenvalue weighted by atomic mass is 10.2. The van der Waals surface area contributed by atoms with Crippen LogP contribution in [-0.2, 0) is 4.79 Å². The van der Waals surface area contributed by atoms with Gasteiger partial charge in [0.05, 0.1) is 11.2 Å². The Balaban J connectivity index is 2.14. The maximum Gasteiger partial charge on any atom is 0.277 e. The Morgan fingerprint density at radius 1 is 1.35 bits per heavy atom. The van der Waals surface area contributed by atoms with E-state index in [0.717, 1.165) is 17.3 Å². The van der Waals surface area contributed by atoms with Crippen LogP contribution in [0, 0.1) is 0 Å². The first-order valence-corrected chi connectivity index (χ1v) is 5.81. The molecule has 5 nitrogen and oxygen atoms in total. The molecule has 0 unspecified atom stereocenters. The minimum atomic E-state index is -1.16. The van der Waals surface area contributed by atoms with E-state index in [-0.39, 0.29) is 5.22 Å². The van der Waals surface area contributed by atoms with Crippen LogP contribution in [0.4, 0.5) is 0 Å². The van der Waals surface area contributed by atoms with Crippen molar-refractivity contribution >= 4 is 17.7 Å². The highest BCUT2D eigenvalue weighted by Crippen LogP contribution is 2.25. The molecular weight excluding hydrogens is 240 g/mol. The van der Waals surface area contributed by atoms with Crippen LogP contribution in [0.5, 0.6) is 0 Å². The first-order valence-electron chi connectivity index (χ1n) is 4.93. The number of aliphatic carboxylic acids is 1. The summed E-state index contributed by atoms with van der Waals surface area (Å²) in [5.74, 6) is -0.784. The molecule has 17 heavy (non-hydrogen) atoms. The number of carbonyl (C=O) groups excluding carboxylic acids is 1. The number of rotatable bonds is 4. The number of carboxylic acids is 1. The normalized spacial score (nSPS) is 12.3. The summed E-state index contributed by atoms with van der Waals surface area (Å²) >= 11 is 0.965. The van der Waals surface area contributed by atoms with Gasteiger partial charge in [0.2, 0.25) is 5.89 Å². The zero-order valence-electron chi connectivity index (χ0n) is 8.99. The van der Waals surface area contributed by atoms with Crippen molar-refractivity contribution in [3.8, 4) is 11.5 Å². The van der Waals surface area contributed by atoms with E-state index < -0.39 is 11.2 Å². The molecule has 0 spiro atoms. The lowest BCUT2D eigenvalue weighted by Crippen LogP contribution is -2.31. The predicted molar refractivity (Wildman–Crippen MR) is 60.1 cm³/mol. The molecule has 0 amide bonds. The van der Waals surface area contributed by atoms with Crippen molar-refractivity contribution in [3.63, 3.8) is 0 Å². The summed E-state index contributed by atoms with van der Waals surface area (Å²) in [6, 6.07) is 9.27. The molecule has 1 aromatic heterocycles. The number of hydrogen-bond acceptors (Lipinski definition) is 6. The number of hydrogen-bond donors (Lipinski definition) is 0. The monoisotopic (exact) mass is 249 g/mol. The van der Waals surface area contributed by atoms with Crippen LogP contribution in [0.1, 0.15) is 6.92 Å². The molecule has 2 rings (SSSR count). The van der Waals surface area contributed by atoms with Crippen molar-refractivity contribution in [2.45, 2.75) is 17.4 Å². The quantitative estimate of drug-likeness (QED) is 0.751. The number of benzene rings is 1. The van der Waals surface area contributed by atoms with Crippen LogP contribution in [0.3, 0.4) is 0 Å². The molecular formula is C11H9N2O3S-. The average Bonchev–Trinajstić information content (AvgIpc) is 2.78. The van der Waals surface area contributed by atoms with Crippen LogP contribution in [0.2, 0.25) is 0 Å². The van der Waals surface area contributed by atoms with Crippen molar-refractivity contribution in [1.29, 1.82) is 0 Å². The average molecular weight is 249 g/mol. The van der Waals surface area contributed by atoms with E-state index in [4.69, 9.17) is 4.42 Å². The Morgan fingerprint density at radius 2 is 2.06 bits per heavy atom. The molecule has 0 fully saturated rings. The van der Waals surface area contributed by atoms with Crippen molar-refractivity contribution < 1.29 is 14.3 Å². The smallest absolute Gasteiger partial charge is 0.277 e. The van der Waals surface area contributed by atoms with Gasteiger partial charge >= 0.3 is 0 Å². The summed E-state index contributed by atoms with van der Waals surface area (Å²) in [4.78, 5) is 10.6. The number of aromatic nitrogens is 2. The second-order valence-electron chi connectivity index (χ2n) is 3.32. The molecule has 6 heteroatoms. The maximum absolute atomic E-state index is 10.6. The van der Waals surface area contributed by atoms with Gasteiger partial charge < -0.3 is 14.3 Å². The Kier molecular flexibility index (Phi) is 3.43. The third-order valence-corrected chi connectivity index (χ3v) is 2.95. The van der Waals surface area contributed by atoms with Gasteiger partial charge in [-0.3, -0.25) is 0 Å². The highest BCUT2D eigenvalue weighted by molar-refractivity contribution is 8.00. The standard InChI is InChI=1S/C11H10N2O3S/c1-7(10(14)15)17-11-13-12-9(16-11)8-5-3-2-4-6-8/h2-7H,1H3,(H,14,15)/p-1/t7-/m0/s1. The largest absolute Gasteiger partial charge is 0.549 e. The van der Waals surface area contributed by atoms with Crippen molar-refractivity contribution in [3.05, 3.63) is 30.3 Å². The van der Waals surface area contributed by atoms with Gasteiger partial charge in [-0.1, -0.05) is 30.0 Å². The van der Waals surface area contributed by atoms with Crippen LogP contribution in [-0.4, -0.2) is 21.4 Å². The fourth-order valence-electron chi connectivity index (χ4n) is 1.15. The van der Waals surface area contributed by atoms with Gasteiger partial charge in [-0.05, 0) is 19.1 Å². The van der Waals surface area contributed by atoms with Crippen LogP contribution < -0.4 is 5.11 Å². The summed E-state index contributed by atoms with van der Waals surface area (Å²) < 4.78 is 5.34. The molecule has 88 valence electrons. The number of carboxylic acid groups (broad SMARTS) is 1. The lowest BCUT2D eigenvalue weighted by molar-refractivity contribution is -0.304.